The van der Waals surface area contributed by atoms with Crippen molar-refractivity contribution in [3.05, 3.63) is 0 Å². The Hall–Kier alpha value is -1.94. The number of unbranched alkanes of at least 4 members (excludes halogenated alkanes) is 40. The number of aliphatic hydroxyl groups excluding tert-OH is 1. The summed E-state index contributed by atoms with van der Waals surface area (Å²) in [6.07, 6.45) is 52.7. The number of aliphatic hydroxyl groups is 1. The quantitative estimate of drug-likeness (QED) is 0.0222. The van der Waals surface area contributed by atoms with Crippen LogP contribution in [-0.4, -0.2) is 96.7 Å². The Morgan fingerprint density at radius 3 is 0.800 bits per heavy atom. The minimum absolute atomic E-state index is 0.107. The summed E-state index contributed by atoms with van der Waals surface area (Å²) in [5, 5.41) is 10.6. The Bertz CT molecular complexity index is 1860. The number of hydrogen-bond donors (Lipinski definition) is 3. The number of ether oxygens (including phenoxy) is 4. The van der Waals surface area contributed by atoms with Crippen molar-refractivity contribution < 1.29 is 80.2 Å². The Kier molecular flexibility index (Phi) is 65.2. The van der Waals surface area contributed by atoms with Gasteiger partial charge >= 0.3 is 39.5 Å². The number of rotatable bonds is 74. The van der Waals surface area contributed by atoms with Crippen LogP contribution in [0.4, 0.5) is 0 Å². The van der Waals surface area contributed by atoms with Crippen LogP contribution in [-0.2, 0) is 65.4 Å². The normalized spacial score (nSPS) is 14.6. The predicted molar refractivity (Wildman–Crippen MR) is 386 cm³/mol. The smallest absolute Gasteiger partial charge is 0.462 e. The van der Waals surface area contributed by atoms with Crippen LogP contribution in [0.1, 0.15) is 389 Å². The first-order valence-electron chi connectivity index (χ1n) is 39.4. The maximum atomic E-state index is 13.1. The molecule has 0 spiro atoms. The second-order valence-electron chi connectivity index (χ2n) is 28.4. The Labute approximate surface area is 581 Å². The zero-order valence-corrected chi connectivity index (χ0v) is 63.9. The molecule has 0 saturated heterocycles. The molecule has 0 fully saturated rings. The number of carbonyl (C=O) groups is 4. The fraction of sp³-hybridized carbons (Fsp3) is 0.947. The highest BCUT2D eigenvalue weighted by Crippen LogP contribution is 2.45. The van der Waals surface area contributed by atoms with Crippen molar-refractivity contribution in [3.8, 4) is 0 Å². The van der Waals surface area contributed by atoms with Crippen molar-refractivity contribution in [1.29, 1.82) is 0 Å². The van der Waals surface area contributed by atoms with E-state index in [2.05, 4.69) is 48.5 Å². The van der Waals surface area contributed by atoms with E-state index >= 15 is 0 Å². The monoisotopic (exact) mass is 1400 g/mol. The van der Waals surface area contributed by atoms with Crippen LogP contribution in [0, 0.1) is 17.8 Å². The Balaban J connectivity index is 5.24. The molecule has 0 heterocycles. The van der Waals surface area contributed by atoms with Crippen LogP contribution in [0.25, 0.3) is 0 Å². The number of carbonyl (C=O) groups excluding carboxylic acids is 4. The largest absolute Gasteiger partial charge is 0.472 e. The van der Waals surface area contributed by atoms with Crippen LogP contribution in [0.15, 0.2) is 0 Å². The molecule has 17 nitrogen and oxygen atoms in total. The number of phosphoric ester groups is 2. The van der Waals surface area contributed by atoms with Gasteiger partial charge in [-0.25, -0.2) is 9.13 Å². The average molecular weight is 1400 g/mol. The van der Waals surface area contributed by atoms with Gasteiger partial charge in [0.1, 0.15) is 19.3 Å². The van der Waals surface area contributed by atoms with Crippen LogP contribution in [0.3, 0.4) is 0 Å². The van der Waals surface area contributed by atoms with E-state index in [0.29, 0.717) is 31.6 Å². The summed E-state index contributed by atoms with van der Waals surface area (Å²) >= 11 is 0. The van der Waals surface area contributed by atoms with Crippen molar-refractivity contribution in [2.45, 2.75) is 407 Å². The minimum Gasteiger partial charge on any atom is -0.462 e. The lowest BCUT2D eigenvalue weighted by molar-refractivity contribution is -0.161. The van der Waals surface area contributed by atoms with E-state index in [1.165, 1.54) is 193 Å². The molecule has 0 bridgehead atoms. The summed E-state index contributed by atoms with van der Waals surface area (Å²) in [5.41, 5.74) is 0. The van der Waals surface area contributed by atoms with Gasteiger partial charge in [0.05, 0.1) is 26.4 Å². The molecule has 0 rings (SSSR count). The van der Waals surface area contributed by atoms with Crippen molar-refractivity contribution in [2.75, 3.05) is 39.6 Å². The van der Waals surface area contributed by atoms with Gasteiger partial charge in [-0.15, -0.1) is 0 Å². The third-order valence-electron chi connectivity index (χ3n) is 18.4. The first kappa shape index (κ1) is 93.1. The summed E-state index contributed by atoms with van der Waals surface area (Å²) in [6.45, 7) is 11.9. The van der Waals surface area contributed by atoms with Gasteiger partial charge in [0, 0.05) is 25.7 Å². The van der Waals surface area contributed by atoms with Crippen molar-refractivity contribution in [3.63, 3.8) is 0 Å². The molecule has 0 aromatic heterocycles. The zero-order valence-electron chi connectivity index (χ0n) is 62.1. The third kappa shape index (κ3) is 67.6. The number of esters is 4. The SMILES string of the molecule is CCCCCCCCCCCCCCCCC(=O)O[C@H](COC(=O)CCCCCCCCC(C)C)COP(=O)(O)OC[C@H](O)COP(=O)(O)OC[C@@H](COC(=O)CCCCCCCCCCCCC(C)CC)OC(=O)CCCCCCCCCCCCCCCCC(C)CC. The van der Waals surface area contributed by atoms with Gasteiger partial charge in [-0.3, -0.25) is 37.3 Å². The maximum Gasteiger partial charge on any atom is 0.472 e. The summed E-state index contributed by atoms with van der Waals surface area (Å²) in [6, 6.07) is 0. The van der Waals surface area contributed by atoms with Gasteiger partial charge in [-0.05, 0) is 43.4 Å². The highest BCUT2D eigenvalue weighted by molar-refractivity contribution is 7.47. The zero-order chi connectivity index (χ0) is 70.1. The molecular formula is C76H148O17P2. The molecule has 0 aromatic rings. The molecule has 0 aliphatic rings. The second kappa shape index (κ2) is 66.6. The highest BCUT2D eigenvalue weighted by Gasteiger charge is 2.30. The van der Waals surface area contributed by atoms with Crippen LogP contribution < -0.4 is 0 Å². The highest BCUT2D eigenvalue weighted by atomic mass is 31.2. The van der Waals surface area contributed by atoms with E-state index < -0.39 is 97.5 Å². The van der Waals surface area contributed by atoms with Gasteiger partial charge < -0.3 is 33.8 Å². The minimum atomic E-state index is -4.96. The second-order valence-corrected chi connectivity index (χ2v) is 31.3. The van der Waals surface area contributed by atoms with E-state index in [9.17, 15) is 43.2 Å². The summed E-state index contributed by atoms with van der Waals surface area (Å²) in [4.78, 5) is 72.8. The number of phosphoric acid groups is 2. The van der Waals surface area contributed by atoms with Gasteiger partial charge in [0.25, 0.3) is 0 Å². The molecule has 0 aliphatic carbocycles. The molecule has 4 unspecified atom stereocenters. The molecule has 0 aliphatic heterocycles. The maximum absolute atomic E-state index is 13.1. The summed E-state index contributed by atoms with van der Waals surface area (Å²) < 4.78 is 68.5. The fourth-order valence-corrected chi connectivity index (χ4v) is 13.1. The lowest BCUT2D eigenvalue weighted by Gasteiger charge is -2.21. The van der Waals surface area contributed by atoms with E-state index in [0.717, 1.165) is 108 Å². The molecule has 7 atom stereocenters. The van der Waals surface area contributed by atoms with Gasteiger partial charge in [-0.2, -0.15) is 0 Å². The third-order valence-corrected chi connectivity index (χ3v) is 20.3. The van der Waals surface area contributed by atoms with Crippen LogP contribution in [0.5, 0.6) is 0 Å². The first-order chi connectivity index (χ1) is 45.8. The molecule has 19 heteroatoms. The molecular weight excluding hydrogens is 1250 g/mol. The van der Waals surface area contributed by atoms with Crippen LogP contribution in [0.2, 0.25) is 0 Å². The standard InChI is InChI=1S/C76H148O17P2/c1-8-11-12-13-14-15-16-17-21-24-31-36-45-52-59-76(81)93-72(64-87-74(79)58-51-44-39-38-40-47-54-67(4)5)66-91-95(84,85)89-62-70(77)61-88-94(82,83)90-65-71(63-86-73(78)57-50-43-35-30-27-26-29-34-42-49-56-69(7)10-3)92-75(80)60-53-46-37-32-25-22-19-18-20-23-28-33-41-48-55-68(6)9-2/h67-72,77H,8-66H2,1-7H3,(H,82,83)(H,84,85)/t68?,69?,70-,71-,72-/m1/s1. The summed E-state index contributed by atoms with van der Waals surface area (Å²) in [7, 11) is -9.91. The van der Waals surface area contributed by atoms with E-state index in [4.69, 9.17) is 37.0 Å². The molecule has 0 saturated carbocycles. The lowest BCUT2D eigenvalue weighted by Crippen LogP contribution is -2.30. The first-order valence-corrected chi connectivity index (χ1v) is 42.4. The molecule has 0 amide bonds. The average Bonchev–Trinajstić information content (AvgIpc) is 1.34. The van der Waals surface area contributed by atoms with Gasteiger partial charge in [0.15, 0.2) is 12.2 Å². The van der Waals surface area contributed by atoms with Crippen molar-refractivity contribution >= 4 is 39.5 Å². The van der Waals surface area contributed by atoms with E-state index in [1.807, 2.05) is 0 Å². The van der Waals surface area contributed by atoms with Gasteiger partial charge in [0.2, 0.25) is 0 Å². The van der Waals surface area contributed by atoms with E-state index in [1.54, 1.807) is 0 Å². The van der Waals surface area contributed by atoms with Crippen molar-refractivity contribution in [2.24, 2.45) is 17.8 Å². The lowest BCUT2D eigenvalue weighted by atomic mass is 9.99. The molecule has 0 aromatic carbocycles. The molecule has 0 radical (unpaired) electrons. The Morgan fingerprint density at radius 1 is 0.305 bits per heavy atom. The topological polar surface area (TPSA) is 237 Å². The Morgan fingerprint density at radius 2 is 0.537 bits per heavy atom. The number of hydrogen-bond acceptors (Lipinski definition) is 15. The van der Waals surface area contributed by atoms with Crippen LogP contribution >= 0.6 is 15.6 Å². The summed E-state index contributed by atoms with van der Waals surface area (Å²) in [5.74, 6) is 0.216. The fourth-order valence-electron chi connectivity index (χ4n) is 11.5. The van der Waals surface area contributed by atoms with Gasteiger partial charge in [-0.1, -0.05) is 337 Å². The molecule has 95 heavy (non-hydrogen) atoms. The molecule has 564 valence electrons. The predicted octanol–water partition coefficient (Wildman–Crippen LogP) is 22.2. The van der Waals surface area contributed by atoms with Crippen molar-refractivity contribution in [1.82, 2.24) is 0 Å². The van der Waals surface area contributed by atoms with E-state index in [-0.39, 0.29) is 25.7 Å². The molecule has 3 N–H and O–H groups in total.